The number of hydrogen-bond donors (Lipinski definition) is 1. The number of benzene rings is 2. The van der Waals surface area contributed by atoms with E-state index < -0.39 is 0 Å². The van der Waals surface area contributed by atoms with Gasteiger partial charge in [-0.1, -0.05) is 30.3 Å². The first-order valence-electron chi connectivity index (χ1n) is 7.74. The summed E-state index contributed by atoms with van der Waals surface area (Å²) in [7, 11) is 1.67. The van der Waals surface area contributed by atoms with Crippen LogP contribution in [0.2, 0.25) is 0 Å². The highest BCUT2D eigenvalue weighted by molar-refractivity contribution is 5.73. The fraction of sp³-hybridized carbons (Fsp3) is 0.278. The lowest BCUT2D eigenvalue weighted by Crippen LogP contribution is -2.45. The third-order valence-electron chi connectivity index (χ3n) is 3.78. The van der Waals surface area contributed by atoms with E-state index in [1.165, 1.54) is 11.0 Å². The number of hydrogen-bond acceptors (Lipinski definition) is 3. The fourth-order valence-electron chi connectivity index (χ4n) is 2.49. The maximum Gasteiger partial charge on any atom is 0.317 e. The molecule has 2 amide bonds. The van der Waals surface area contributed by atoms with Crippen LogP contribution >= 0.6 is 0 Å². The van der Waals surface area contributed by atoms with E-state index in [0.29, 0.717) is 30.2 Å². The molecule has 126 valence electrons. The van der Waals surface area contributed by atoms with Crippen molar-refractivity contribution in [3.8, 4) is 11.5 Å². The molecule has 1 unspecified atom stereocenters. The maximum absolute atomic E-state index is 13.6. The van der Waals surface area contributed by atoms with Crippen LogP contribution in [0.5, 0.6) is 11.5 Å². The van der Waals surface area contributed by atoms with E-state index in [9.17, 15) is 9.18 Å². The summed E-state index contributed by atoms with van der Waals surface area (Å²) in [6.07, 6.45) is -0.246. The molecular formula is C18H19FN2O3. The lowest BCUT2D eigenvalue weighted by atomic mass is 10.2. The van der Waals surface area contributed by atoms with E-state index in [1.54, 1.807) is 25.2 Å². The quantitative estimate of drug-likeness (QED) is 0.938. The van der Waals surface area contributed by atoms with Crippen molar-refractivity contribution >= 4 is 6.03 Å². The number of halogens is 1. The highest BCUT2D eigenvalue weighted by atomic mass is 19.1. The molecule has 0 fully saturated rings. The smallest absolute Gasteiger partial charge is 0.317 e. The number of para-hydroxylation sites is 2. The van der Waals surface area contributed by atoms with Crippen molar-refractivity contribution in [3.05, 3.63) is 59.9 Å². The Bertz CT molecular complexity index is 723. The molecule has 6 heteroatoms. The van der Waals surface area contributed by atoms with E-state index in [4.69, 9.17) is 9.47 Å². The van der Waals surface area contributed by atoms with Gasteiger partial charge in [-0.05, 0) is 18.2 Å². The highest BCUT2D eigenvalue weighted by Gasteiger charge is 2.23. The molecule has 0 spiro atoms. The zero-order valence-electron chi connectivity index (χ0n) is 13.4. The average Bonchev–Trinajstić information content (AvgIpc) is 2.60. The normalized spacial score (nSPS) is 15.7. The van der Waals surface area contributed by atoms with Crippen LogP contribution < -0.4 is 14.8 Å². The minimum Gasteiger partial charge on any atom is -0.486 e. The monoisotopic (exact) mass is 330 g/mol. The van der Waals surface area contributed by atoms with E-state index in [1.807, 2.05) is 24.3 Å². The standard InChI is InChI=1S/C18H19FN2O3/c1-21(18(22)20-10-13-6-2-3-7-15(13)19)11-14-12-23-16-8-4-5-9-17(16)24-14/h2-9,14H,10-12H2,1H3,(H,20,22). The van der Waals surface area contributed by atoms with E-state index in [0.717, 1.165) is 0 Å². The molecule has 1 aliphatic rings. The van der Waals surface area contributed by atoms with E-state index in [2.05, 4.69) is 5.32 Å². The number of fused-ring (bicyclic) bond motifs is 1. The topological polar surface area (TPSA) is 50.8 Å². The Morgan fingerprint density at radius 1 is 1.21 bits per heavy atom. The molecule has 0 radical (unpaired) electrons. The second-order valence-electron chi connectivity index (χ2n) is 5.63. The minimum absolute atomic E-state index is 0.140. The number of ether oxygens (including phenoxy) is 2. The van der Waals surface area contributed by atoms with Gasteiger partial charge in [0.25, 0.3) is 0 Å². The van der Waals surface area contributed by atoms with Gasteiger partial charge in [0.2, 0.25) is 0 Å². The molecule has 0 bridgehead atoms. The molecule has 1 aliphatic heterocycles. The Kier molecular flexibility index (Phi) is 4.84. The largest absolute Gasteiger partial charge is 0.486 e. The van der Waals surface area contributed by atoms with Crippen LogP contribution in [0.1, 0.15) is 5.56 Å². The number of nitrogens with one attached hydrogen (secondary N) is 1. The van der Waals surface area contributed by atoms with Crippen molar-refractivity contribution in [1.82, 2.24) is 10.2 Å². The summed E-state index contributed by atoms with van der Waals surface area (Å²) in [5.41, 5.74) is 0.449. The minimum atomic E-state index is -0.332. The first-order chi connectivity index (χ1) is 11.6. The molecule has 2 aromatic rings. The van der Waals surface area contributed by atoms with Crippen molar-refractivity contribution in [3.63, 3.8) is 0 Å². The molecule has 0 aromatic heterocycles. The zero-order chi connectivity index (χ0) is 16.9. The molecule has 1 heterocycles. The number of carbonyl (C=O) groups excluding carboxylic acids is 1. The van der Waals surface area contributed by atoms with Gasteiger partial charge in [-0.15, -0.1) is 0 Å². The third kappa shape index (κ3) is 3.76. The molecule has 1 atom stereocenters. The molecule has 0 saturated heterocycles. The van der Waals surface area contributed by atoms with Crippen LogP contribution in [-0.4, -0.2) is 37.2 Å². The SMILES string of the molecule is CN(CC1COc2ccccc2O1)C(=O)NCc1ccccc1F. The van der Waals surface area contributed by atoms with Crippen LogP contribution in [0.25, 0.3) is 0 Å². The van der Waals surface area contributed by atoms with Gasteiger partial charge in [0.05, 0.1) is 6.54 Å². The Labute approximate surface area is 140 Å². The summed E-state index contributed by atoms with van der Waals surface area (Å²) < 4.78 is 25.0. The summed E-state index contributed by atoms with van der Waals surface area (Å²) >= 11 is 0. The van der Waals surface area contributed by atoms with Gasteiger partial charge in [-0.25, -0.2) is 9.18 Å². The predicted molar refractivity (Wildman–Crippen MR) is 87.6 cm³/mol. The second kappa shape index (κ2) is 7.21. The molecule has 3 rings (SSSR count). The lowest BCUT2D eigenvalue weighted by molar-refractivity contribution is 0.0715. The summed E-state index contributed by atoms with van der Waals surface area (Å²) in [4.78, 5) is 13.6. The fourth-order valence-corrected chi connectivity index (χ4v) is 2.49. The van der Waals surface area contributed by atoms with Crippen molar-refractivity contribution in [2.24, 2.45) is 0 Å². The van der Waals surface area contributed by atoms with Crippen molar-refractivity contribution in [2.75, 3.05) is 20.2 Å². The van der Waals surface area contributed by atoms with Gasteiger partial charge >= 0.3 is 6.03 Å². The van der Waals surface area contributed by atoms with Gasteiger partial charge in [0.1, 0.15) is 12.4 Å². The summed E-state index contributed by atoms with van der Waals surface area (Å²) in [5, 5.41) is 2.70. The second-order valence-corrected chi connectivity index (χ2v) is 5.63. The van der Waals surface area contributed by atoms with Crippen molar-refractivity contribution in [1.29, 1.82) is 0 Å². The van der Waals surface area contributed by atoms with E-state index in [-0.39, 0.29) is 24.5 Å². The summed E-state index contributed by atoms with van der Waals surface area (Å²) in [5.74, 6) is 1.05. The molecule has 5 nitrogen and oxygen atoms in total. The maximum atomic E-state index is 13.6. The first kappa shape index (κ1) is 16.1. The number of nitrogens with zero attached hydrogens (tertiary/aromatic N) is 1. The average molecular weight is 330 g/mol. The third-order valence-corrected chi connectivity index (χ3v) is 3.78. The summed E-state index contributed by atoms with van der Waals surface area (Å²) in [6.45, 7) is 0.889. The molecule has 0 aliphatic carbocycles. The number of rotatable bonds is 4. The zero-order valence-corrected chi connectivity index (χ0v) is 13.4. The molecular weight excluding hydrogens is 311 g/mol. The van der Waals surface area contributed by atoms with Crippen molar-refractivity contribution in [2.45, 2.75) is 12.6 Å². The molecule has 2 aromatic carbocycles. The van der Waals surface area contributed by atoms with Gasteiger partial charge in [0, 0.05) is 19.2 Å². The number of amides is 2. The predicted octanol–water partition coefficient (Wildman–Crippen LogP) is 2.81. The van der Waals surface area contributed by atoms with Crippen LogP contribution in [-0.2, 0) is 6.54 Å². The Balaban J connectivity index is 1.51. The van der Waals surface area contributed by atoms with Gasteiger partial charge in [0.15, 0.2) is 17.6 Å². The Morgan fingerprint density at radius 3 is 2.71 bits per heavy atom. The first-order valence-corrected chi connectivity index (χ1v) is 7.74. The van der Waals surface area contributed by atoms with Crippen molar-refractivity contribution < 1.29 is 18.7 Å². The van der Waals surface area contributed by atoms with Crippen LogP contribution in [0.3, 0.4) is 0 Å². The number of likely N-dealkylation sites (N-methyl/N-ethyl adjacent to an activating group) is 1. The van der Waals surface area contributed by atoms with Crippen LogP contribution in [0.15, 0.2) is 48.5 Å². The molecule has 24 heavy (non-hydrogen) atoms. The number of carbonyl (C=O) groups is 1. The highest BCUT2D eigenvalue weighted by Crippen LogP contribution is 2.30. The lowest BCUT2D eigenvalue weighted by Gasteiger charge is -2.29. The number of urea groups is 1. The Hall–Kier alpha value is -2.76. The molecule has 1 N–H and O–H groups in total. The Morgan fingerprint density at radius 2 is 1.92 bits per heavy atom. The van der Waals surface area contributed by atoms with Gasteiger partial charge in [-0.2, -0.15) is 0 Å². The van der Waals surface area contributed by atoms with E-state index >= 15 is 0 Å². The van der Waals surface area contributed by atoms with Gasteiger partial charge < -0.3 is 19.7 Å². The van der Waals surface area contributed by atoms with Crippen LogP contribution in [0, 0.1) is 5.82 Å². The van der Waals surface area contributed by atoms with Gasteiger partial charge in [-0.3, -0.25) is 0 Å². The van der Waals surface area contributed by atoms with Crippen LogP contribution in [0.4, 0.5) is 9.18 Å². The summed E-state index contributed by atoms with van der Waals surface area (Å²) in [6, 6.07) is 13.5. The molecule has 0 saturated carbocycles.